The van der Waals surface area contributed by atoms with Crippen LogP contribution in [0.2, 0.25) is 5.02 Å². The maximum absolute atomic E-state index is 13.4. The van der Waals surface area contributed by atoms with Gasteiger partial charge in [0.15, 0.2) is 0 Å². The number of rotatable bonds is 8. The predicted molar refractivity (Wildman–Crippen MR) is 136 cm³/mol. The van der Waals surface area contributed by atoms with E-state index in [1.807, 2.05) is 0 Å². The number of ether oxygens (including phenoxy) is 1. The third-order valence-electron chi connectivity index (χ3n) is 5.71. The van der Waals surface area contributed by atoms with E-state index in [9.17, 15) is 23.6 Å². The van der Waals surface area contributed by atoms with Gasteiger partial charge in [-0.25, -0.2) is 18.9 Å². The molecule has 10 heteroatoms. The number of nitrogens with zero attached hydrogens (tertiary/aromatic N) is 2. The highest BCUT2D eigenvalue weighted by molar-refractivity contribution is 6.30. The molecule has 1 aliphatic rings. The summed E-state index contributed by atoms with van der Waals surface area (Å²) in [4.78, 5) is 54.0. The maximum atomic E-state index is 13.4. The van der Waals surface area contributed by atoms with Crippen molar-refractivity contribution in [2.45, 2.75) is 25.9 Å². The molecule has 190 valence electrons. The molecule has 4 rings (SSSR count). The summed E-state index contributed by atoms with van der Waals surface area (Å²) in [7, 11) is 0. The van der Waals surface area contributed by atoms with Gasteiger partial charge in [0.05, 0.1) is 24.3 Å². The molecule has 0 spiro atoms. The molecule has 0 aliphatic carbocycles. The number of carbonyl (C=O) groups excluding carboxylic acids is 4. The van der Waals surface area contributed by atoms with Gasteiger partial charge in [0.2, 0.25) is 5.91 Å². The van der Waals surface area contributed by atoms with Crippen molar-refractivity contribution in [2.75, 3.05) is 16.8 Å². The molecule has 4 amide bonds. The summed E-state index contributed by atoms with van der Waals surface area (Å²) in [6.45, 7) is 1.89. The molecule has 37 heavy (non-hydrogen) atoms. The van der Waals surface area contributed by atoms with Crippen LogP contribution < -0.4 is 10.2 Å². The molecule has 3 aromatic rings. The number of hydrogen-bond donors (Lipinski definition) is 1. The Morgan fingerprint density at radius 1 is 1.03 bits per heavy atom. The average molecular weight is 524 g/mol. The van der Waals surface area contributed by atoms with Gasteiger partial charge in [0, 0.05) is 17.3 Å². The lowest BCUT2D eigenvalue weighted by Crippen LogP contribution is -2.37. The number of nitrogens with one attached hydrogen (secondary N) is 1. The molecule has 0 unspecified atom stereocenters. The van der Waals surface area contributed by atoms with Crippen LogP contribution in [0.1, 0.15) is 29.3 Å². The lowest BCUT2D eigenvalue weighted by atomic mass is 10.1. The number of amides is 4. The standard InChI is InChI=1S/C27H23ClFN3O5/c1-2-37-26(35)18-4-3-5-21(14-18)30-24(33)15-23-25(34)32(22-12-8-19(28)9-13-22)27(36)31(23)16-17-6-10-20(29)11-7-17/h3-14,23H,2,15-16H2,1H3,(H,30,33)/t23-/m0/s1. The Morgan fingerprint density at radius 2 is 1.73 bits per heavy atom. The van der Waals surface area contributed by atoms with Crippen LogP contribution >= 0.6 is 11.6 Å². The largest absolute Gasteiger partial charge is 0.462 e. The molecule has 1 atom stereocenters. The Kier molecular flexibility index (Phi) is 7.83. The Balaban J connectivity index is 1.57. The Bertz CT molecular complexity index is 1330. The molecule has 0 bridgehead atoms. The molecule has 1 N–H and O–H groups in total. The van der Waals surface area contributed by atoms with Crippen LogP contribution in [0.5, 0.6) is 0 Å². The maximum Gasteiger partial charge on any atom is 0.338 e. The van der Waals surface area contributed by atoms with Crippen LogP contribution in [0.15, 0.2) is 72.8 Å². The van der Waals surface area contributed by atoms with Gasteiger partial charge in [-0.05, 0) is 67.1 Å². The molecule has 8 nitrogen and oxygen atoms in total. The number of esters is 1. The lowest BCUT2D eigenvalue weighted by molar-refractivity contribution is -0.124. The number of imide groups is 1. The number of benzene rings is 3. The highest BCUT2D eigenvalue weighted by atomic mass is 35.5. The van der Waals surface area contributed by atoms with Crippen molar-refractivity contribution in [1.29, 1.82) is 0 Å². The SMILES string of the molecule is CCOC(=O)c1cccc(NC(=O)C[C@H]2C(=O)N(c3ccc(Cl)cc3)C(=O)N2Cc2ccc(F)cc2)c1. The molecule has 1 aliphatic heterocycles. The monoisotopic (exact) mass is 523 g/mol. The van der Waals surface area contributed by atoms with Gasteiger partial charge in [0.25, 0.3) is 5.91 Å². The normalized spacial score (nSPS) is 15.2. The van der Waals surface area contributed by atoms with E-state index in [2.05, 4.69) is 5.32 Å². The summed E-state index contributed by atoms with van der Waals surface area (Å²) >= 11 is 5.95. The predicted octanol–water partition coefficient (Wildman–Crippen LogP) is 5.02. The zero-order valence-corrected chi connectivity index (χ0v) is 20.6. The number of urea groups is 1. The number of hydrogen-bond acceptors (Lipinski definition) is 5. The van der Waals surface area contributed by atoms with Gasteiger partial charge >= 0.3 is 12.0 Å². The second kappa shape index (κ2) is 11.2. The van der Waals surface area contributed by atoms with E-state index in [1.165, 1.54) is 47.4 Å². The van der Waals surface area contributed by atoms with Gasteiger partial charge < -0.3 is 15.0 Å². The summed E-state index contributed by atoms with van der Waals surface area (Å²) in [5.74, 6) is -2.07. The molecule has 0 radical (unpaired) electrons. The first-order chi connectivity index (χ1) is 17.8. The van der Waals surface area contributed by atoms with Crippen molar-refractivity contribution in [2.24, 2.45) is 0 Å². The minimum Gasteiger partial charge on any atom is -0.462 e. The van der Waals surface area contributed by atoms with Crippen LogP contribution in [0, 0.1) is 5.82 Å². The summed E-state index contributed by atoms with van der Waals surface area (Å²) in [5.41, 5.74) is 1.51. The lowest BCUT2D eigenvalue weighted by Gasteiger charge is -2.21. The number of halogens is 2. The van der Waals surface area contributed by atoms with Crippen molar-refractivity contribution in [3.8, 4) is 0 Å². The number of anilines is 2. The topological polar surface area (TPSA) is 96.0 Å². The van der Waals surface area contributed by atoms with E-state index >= 15 is 0 Å². The fourth-order valence-electron chi connectivity index (χ4n) is 3.95. The van der Waals surface area contributed by atoms with Crippen LogP contribution in [0.25, 0.3) is 0 Å². The van der Waals surface area contributed by atoms with E-state index in [1.54, 1.807) is 37.3 Å². The summed E-state index contributed by atoms with van der Waals surface area (Å²) in [6, 6.07) is 16.2. The molecule has 1 fully saturated rings. The average Bonchev–Trinajstić information content (AvgIpc) is 3.10. The zero-order chi connectivity index (χ0) is 26.5. The Labute approximate surface area is 217 Å². The van der Waals surface area contributed by atoms with E-state index < -0.39 is 35.7 Å². The summed E-state index contributed by atoms with van der Waals surface area (Å²) < 4.78 is 18.4. The third kappa shape index (κ3) is 5.95. The van der Waals surface area contributed by atoms with Gasteiger partial charge in [-0.15, -0.1) is 0 Å². The van der Waals surface area contributed by atoms with Crippen molar-refractivity contribution in [1.82, 2.24) is 4.90 Å². The quantitative estimate of drug-likeness (QED) is 0.330. The third-order valence-corrected chi connectivity index (χ3v) is 5.96. The van der Waals surface area contributed by atoms with E-state index in [0.717, 1.165) is 4.90 Å². The van der Waals surface area contributed by atoms with Crippen molar-refractivity contribution in [3.63, 3.8) is 0 Å². The first kappa shape index (κ1) is 25.8. The molecule has 3 aromatic carbocycles. The van der Waals surface area contributed by atoms with E-state index in [4.69, 9.17) is 16.3 Å². The van der Waals surface area contributed by atoms with Crippen LogP contribution in [-0.4, -0.2) is 41.4 Å². The van der Waals surface area contributed by atoms with Crippen LogP contribution in [-0.2, 0) is 20.9 Å². The highest BCUT2D eigenvalue weighted by Crippen LogP contribution is 2.29. The van der Waals surface area contributed by atoms with E-state index in [0.29, 0.717) is 22.0 Å². The summed E-state index contributed by atoms with van der Waals surface area (Å²) in [5, 5.41) is 3.11. The number of carbonyl (C=O) groups is 4. The first-order valence-electron chi connectivity index (χ1n) is 11.5. The minimum atomic E-state index is -1.11. The van der Waals surface area contributed by atoms with Gasteiger partial charge in [0.1, 0.15) is 11.9 Å². The van der Waals surface area contributed by atoms with Gasteiger partial charge in [-0.2, -0.15) is 0 Å². The van der Waals surface area contributed by atoms with Gasteiger partial charge in [-0.3, -0.25) is 9.59 Å². The van der Waals surface area contributed by atoms with Crippen molar-refractivity contribution >= 4 is 46.8 Å². The fourth-order valence-corrected chi connectivity index (χ4v) is 4.08. The highest BCUT2D eigenvalue weighted by Gasteiger charge is 2.46. The van der Waals surface area contributed by atoms with Crippen molar-refractivity contribution in [3.05, 3.63) is 94.8 Å². The van der Waals surface area contributed by atoms with Crippen LogP contribution in [0.3, 0.4) is 0 Å². The molecule has 0 saturated carbocycles. The van der Waals surface area contributed by atoms with E-state index in [-0.39, 0.29) is 25.1 Å². The summed E-state index contributed by atoms with van der Waals surface area (Å²) in [6.07, 6.45) is -0.334. The Morgan fingerprint density at radius 3 is 2.41 bits per heavy atom. The molecular weight excluding hydrogens is 501 g/mol. The second-order valence-corrected chi connectivity index (χ2v) is 8.69. The Hall–Kier alpha value is -4.24. The second-order valence-electron chi connectivity index (χ2n) is 8.26. The molecule has 1 heterocycles. The molecule has 1 saturated heterocycles. The van der Waals surface area contributed by atoms with Crippen LogP contribution in [0.4, 0.5) is 20.6 Å². The zero-order valence-electron chi connectivity index (χ0n) is 19.8. The molecular formula is C27H23ClFN3O5. The van der Waals surface area contributed by atoms with Crippen molar-refractivity contribution < 1.29 is 28.3 Å². The smallest absolute Gasteiger partial charge is 0.338 e. The minimum absolute atomic E-state index is 0.00870. The van der Waals surface area contributed by atoms with Gasteiger partial charge in [-0.1, -0.05) is 29.8 Å². The fraction of sp³-hybridized carbons (Fsp3) is 0.185. The first-order valence-corrected chi connectivity index (χ1v) is 11.9. The molecule has 0 aromatic heterocycles.